The van der Waals surface area contributed by atoms with E-state index < -0.39 is 5.54 Å². The van der Waals surface area contributed by atoms with Crippen LogP contribution in [-0.2, 0) is 4.79 Å². The summed E-state index contributed by atoms with van der Waals surface area (Å²) < 4.78 is 5.41. The molecule has 2 rings (SSSR count). The summed E-state index contributed by atoms with van der Waals surface area (Å²) in [4.78, 5) is 11.8. The van der Waals surface area contributed by atoms with Gasteiger partial charge in [-0.15, -0.1) is 0 Å². The molecule has 1 aromatic rings. The van der Waals surface area contributed by atoms with Crippen LogP contribution in [0.2, 0.25) is 5.02 Å². The lowest BCUT2D eigenvalue weighted by Gasteiger charge is -2.40. The van der Waals surface area contributed by atoms with E-state index in [9.17, 15) is 9.90 Å². The predicted octanol–water partition coefficient (Wildman–Crippen LogP) is 2.06. The van der Waals surface area contributed by atoms with Crippen LogP contribution in [0.25, 0.3) is 0 Å². The SMILES string of the molecule is Cc1ccc(Cl)c(OCC(=O)NC2(CO)CCC2)c1. The van der Waals surface area contributed by atoms with Gasteiger partial charge in [0.25, 0.3) is 5.91 Å². The average molecular weight is 284 g/mol. The van der Waals surface area contributed by atoms with Crippen molar-refractivity contribution in [1.82, 2.24) is 5.32 Å². The lowest BCUT2D eigenvalue weighted by Crippen LogP contribution is -2.57. The van der Waals surface area contributed by atoms with E-state index in [1.54, 1.807) is 12.1 Å². The Morgan fingerprint density at radius 1 is 1.53 bits per heavy atom. The standard InChI is InChI=1S/C14H18ClNO3/c1-10-3-4-11(15)12(7-10)19-8-13(18)16-14(9-17)5-2-6-14/h3-4,7,17H,2,5-6,8-9H2,1H3,(H,16,18). The van der Waals surface area contributed by atoms with Crippen molar-refractivity contribution in [2.24, 2.45) is 0 Å². The molecule has 0 atom stereocenters. The molecule has 1 fully saturated rings. The van der Waals surface area contributed by atoms with Crippen molar-refractivity contribution < 1.29 is 14.6 Å². The summed E-state index contributed by atoms with van der Waals surface area (Å²) in [6.07, 6.45) is 2.67. The second-order valence-electron chi connectivity index (χ2n) is 5.06. The summed E-state index contributed by atoms with van der Waals surface area (Å²) in [6, 6.07) is 5.41. The molecule has 0 heterocycles. The fourth-order valence-corrected chi connectivity index (χ4v) is 2.29. The Balaban J connectivity index is 1.88. The normalized spacial score (nSPS) is 16.6. The van der Waals surface area contributed by atoms with Gasteiger partial charge in [-0.1, -0.05) is 17.7 Å². The van der Waals surface area contributed by atoms with Gasteiger partial charge in [0.1, 0.15) is 5.75 Å². The third-order valence-electron chi connectivity index (χ3n) is 3.46. The van der Waals surface area contributed by atoms with Crippen LogP contribution in [0.5, 0.6) is 5.75 Å². The molecule has 0 bridgehead atoms. The molecule has 2 N–H and O–H groups in total. The Labute approximate surface area is 117 Å². The Morgan fingerprint density at radius 2 is 2.26 bits per heavy atom. The van der Waals surface area contributed by atoms with Crippen LogP contribution in [0, 0.1) is 6.92 Å². The molecule has 0 saturated heterocycles. The number of hydrogen-bond acceptors (Lipinski definition) is 3. The largest absolute Gasteiger partial charge is 0.482 e. The van der Waals surface area contributed by atoms with Crippen molar-refractivity contribution in [3.8, 4) is 5.75 Å². The van der Waals surface area contributed by atoms with Gasteiger partial charge in [-0.3, -0.25) is 4.79 Å². The number of hydrogen-bond donors (Lipinski definition) is 2. The molecule has 1 amide bonds. The molecule has 0 radical (unpaired) electrons. The van der Waals surface area contributed by atoms with Gasteiger partial charge in [0.05, 0.1) is 17.2 Å². The minimum Gasteiger partial charge on any atom is -0.482 e. The first-order valence-electron chi connectivity index (χ1n) is 6.35. The molecule has 0 aromatic heterocycles. The molecule has 1 aliphatic rings. The Hall–Kier alpha value is -1.26. The zero-order valence-electron chi connectivity index (χ0n) is 10.9. The monoisotopic (exact) mass is 283 g/mol. The fraction of sp³-hybridized carbons (Fsp3) is 0.500. The van der Waals surface area contributed by atoms with Gasteiger partial charge < -0.3 is 15.2 Å². The molecular weight excluding hydrogens is 266 g/mol. The zero-order valence-corrected chi connectivity index (χ0v) is 11.7. The Kier molecular flexibility index (Phi) is 4.32. The topological polar surface area (TPSA) is 58.6 Å². The van der Waals surface area contributed by atoms with Gasteiger partial charge in [0.2, 0.25) is 0 Å². The number of nitrogens with one attached hydrogen (secondary N) is 1. The molecule has 0 spiro atoms. The van der Waals surface area contributed by atoms with Crippen LogP contribution in [0.1, 0.15) is 24.8 Å². The number of rotatable bonds is 5. The van der Waals surface area contributed by atoms with Crippen LogP contribution in [0.15, 0.2) is 18.2 Å². The average Bonchev–Trinajstić information content (AvgIpc) is 2.35. The number of ether oxygens (including phenoxy) is 1. The lowest BCUT2D eigenvalue weighted by atomic mass is 9.77. The number of aryl methyl sites for hydroxylation is 1. The molecule has 0 aliphatic heterocycles. The quantitative estimate of drug-likeness (QED) is 0.870. The Morgan fingerprint density at radius 3 is 2.84 bits per heavy atom. The maximum absolute atomic E-state index is 11.8. The van der Waals surface area contributed by atoms with E-state index in [0.717, 1.165) is 24.8 Å². The lowest BCUT2D eigenvalue weighted by molar-refractivity contribution is -0.127. The number of benzene rings is 1. The summed E-state index contributed by atoms with van der Waals surface area (Å²) in [5.41, 5.74) is 0.585. The first-order valence-corrected chi connectivity index (χ1v) is 6.73. The van der Waals surface area contributed by atoms with Crippen molar-refractivity contribution in [2.45, 2.75) is 31.7 Å². The third-order valence-corrected chi connectivity index (χ3v) is 3.78. The zero-order chi connectivity index (χ0) is 13.9. The molecule has 4 nitrogen and oxygen atoms in total. The van der Waals surface area contributed by atoms with E-state index in [0.29, 0.717) is 10.8 Å². The second-order valence-corrected chi connectivity index (χ2v) is 5.47. The first-order chi connectivity index (χ1) is 9.04. The minimum atomic E-state index is -0.434. The van der Waals surface area contributed by atoms with Crippen molar-refractivity contribution in [3.63, 3.8) is 0 Å². The second kappa shape index (κ2) is 5.80. The van der Waals surface area contributed by atoms with Gasteiger partial charge in [-0.05, 0) is 43.9 Å². The number of aliphatic hydroxyl groups is 1. The van der Waals surface area contributed by atoms with Crippen LogP contribution in [-0.4, -0.2) is 29.8 Å². The predicted molar refractivity (Wildman–Crippen MR) is 73.5 cm³/mol. The van der Waals surface area contributed by atoms with Crippen molar-refractivity contribution >= 4 is 17.5 Å². The number of carbonyl (C=O) groups is 1. The third kappa shape index (κ3) is 3.39. The van der Waals surface area contributed by atoms with Crippen LogP contribution in [0.4, 0.5) is 0 Å². The van der Waals surface area contributed by atoms with Gasteiger partial charge in [0, 0.05) is 0 Å². The van der Waals surface area contributed by atoms with Crippen molar-refractivity contribution in [2.75, 3.05) is 13.2 Å². The van der Waals surface area contributed by atoms with E-state index in [-0.39, 0.29) is 19.1 Å². The molecule has 0 unspecified atom stereocenters. The van der Waals surface area contributed by atoms with Crippen molar-refractivity contribution in [1.29, 1.82) is 0 Å². The smallest absolute Gasteiger partial charge is 0.258 e. The molecule has 1 aliphatic carbocycles. The van der Waals surface area contributed by atoms with E-state index >= 15 is 0 Å². The van der Waals surface area contributed by atoms with Gasteiger partial charge in [-0.2, -0.15) is 0 Å². The summed E-state index contributed by atoms with van der Waals surface area (Å²) in [6.45, 7) is 1.81. The molecule has 1 aromatic carbocycles. The highest BCUT2D eigenvalue weighted by atomic mass is 35.5. The van der Waals surface area contributed by atoms with E-state index in [1.165, 1.54) is 0 Å². The summed E-state index contributed by atoms with van der Waals surface area (Å²) in [5, 5.41) is 12.6. The van der Waals surface area contributed by atoms with Crippen LogP contribution >= 0.6 is 11.6 Å². The minimum absolute atomic E-state index is 0.0239. The van der Waals surface area contributed by atoms with Crippen molar-refractivity contribution in [3.05, 3.63) is 28.8 Å². The van der Waals surface area contributed by atoms with Crippen LogP contribution in [0.3, 0.4) is 0 Å². The van der Waals surface area contributed by atoms with E-state index in [1.807, 2.05) is 13.0 Å². The van der Waals surface area contributed by atoms with Gasteiger partial charge >= 0.3 is 0 Å². The summed E-state index contributed by atoms with van der Waals surface area (Å²) in [7, 11) is 0. The highest BCUT2D eigenvalue weighted by Crippen LogP contribution is 2.31. The van der Waals surface area contributed by atoms with Gasteiger partial charge in [-0.25, -0.2) is 0 Å². The maximum atomic E-state index is 11.8. The van der Waals surface area contributed by atoms with E-state index in [4.69, 9.17) is 16.3 Å². The molecule has 104 valence electrons. The fourth-order valence-electron chi connectivity index (χ4n) is 2.12. The van der Waals surface area contributed by atoms with E-state index in [2.05, 4.69) is 5.32 Å². The summed E-state index contributed by atoms with van der Waals surface area (Å²) >= 11 is 5.98. The maximum Gasteiger partial charge on any atom is 0.258 e. The molecule has 1 saturated carbocycles. The van der Waals surface area contributed by atoms with Gasteiger partial charge in [0.15, 0.2) is 6.61 Å². The molecular formula is C14H18ClNO3. The first kappa shape index (κ1) is 14.2. The number of aliphatic hydroxyl groups excluding tert-OH is 1. The molecule has 19 heavy (non-hydrogen) atoms. The highest BCUT2D eigenvalue weighted by molar-refractivity contribution is 6.32. The van der Waals surface area contributed by atoms with Crippen LogP contribution < -0.4 is 10.1 Å². The Bertz CT molecular complexity index is 466. The highest BCUT2D eigenvalue weighted by Gasteiger charge is 2.37. The summed E-state index contributed by atoms with van der Waals surface area (Å²) in [5.74, 6) is 0.273. The number of carbonyl (C=O) groups excluding carboxylic acids is 1. The number of halogens is 1. The molecule has 5 heteroatoms. The number of amides is 1.